The molecule has 8 heteroatoms. The summed E-state index contributed by atoms with van der Waals surface area (Å²) in [4.78, 5) is 30.3. The van der Waals surface area contributed by atoms with E-state index in [1.807, 2.05) is 60.7 Å². The molecule has 0 spiro atoms. The minimum atomic E-state index is -1.12. The van der Waals surface area contributed by atoms with Crippen molar-refractivity contribution in [3.63, 3.8) is 0 Å². The molecule has 0 saturated carbocycles. The van der Waals surface area contributed by atoms with Gasteiger partial charge in [0.2, 0.25) is 0 Å². The van der Waals surface area contributed by atoms with E-state index in [2.05, 4.69) is 10.6 Å². The highest BCUT2D eigenvalue weighted by atomic mass is 16.6. The summed E-state index contributed by atoms with van der Waals surface area (Å²) in [6.07, 6.45) is -0.0544. The number of epoxide rings is 2. The first-order chi connectivity index (χ1) is 14.6. The summed E-state index contributed by atoms with van der Waals surface area (Å²) in [7, 11) is 0. The van der Waals surface area contributed by atoms with Crippen molar-refractivity contribution in [2.75, 3.05) is 26.3 Å². The van der Waals surface area contributed by atoms with Crippen LogP contribution in [0.5, 0.6) is 0 Å². The lowest BCUT2D eigenvalue weighted by Crippen LogP contribution is -2.63. The molecule has 4 amide bonds. The lowest BCUT2D eigenvalue weighted by molar-refractivity contribution is 0.0203. The second-order valence-electron chi connectivity index (χ2n) is 8.15. The smallest absolute Gasteiger partial charge is 0.322 e. The van der Waals surface area contributed by atoms with Gasteiger partial charge in [-0.1, -0.05) is 60.7 Å². The molecule has 4 saturated heterocycles. The fraction of sp³-hybridized carbons (Fsp3) is 0.364. The van der Waals surface area contributed by atoms with Crippen molar-refractivity contribution in [2.45, 2.75) is 23.5 Å². The van der Waals surface area contributed by atoms with Gasteiger partial charge in [-0.2, -0.15) is 0 Å². The number of fused-ring (bicyclic) bond motifs is 1. The molecule has 8 nitrogen and oxygen atoms in total. The molecule has 30 heavy (non-hydrogen) atoms. The Kier molecular flexibility index (Phi) is 3.66. The lowest BCUT2D eigenvalue weighted by Gasteiger charge is -2.45. The quantitative estimate of drug-likeness (QED) is 0.713. The van der Waals surface area contributed by atoms with Crippen LogP contribution in [0.3, 0.4) is 0 Å². The Morgan fingerprint density at radius 2 is 1.10 bits per heavy atom. The molecule has 0 aliphatic carbocycles. The fourth-order valence-corrected chi connectivity index (χ4v) is 4.88. The van der Waals surface area contributed by atoms with Crippen LogP contribution in [0.4, 0.5) is 9.59 Å². The maximum Gasteiger partial charge on any atom is 0.322 e. The Balaban J connectivity index is 1.61. The number of nitrogens with one attached hydrogen (secondary N) is 2. The summed E-state index contributed by atoms with van der Waals surface area (Å²) in [6.45, 7) is 2.01. The molecular formula is C22H22N4O4. The van der Waals surface area contributed by atoms with Crippen LogP contribution in [0.1, 0.15) is 11.1 Å². The second kappa shape index (κ2) is 6.20. The van der Waals surface area contributed by atoms with Crippen LogP contribution < -0.4 is 10.6 Å². The molecule has 2 aromatic rings. The average Bonchev–Trinajstić information content (AvgIpc) is 3.69. The largest absolute Gasteiger partial charge is 0.371 e. The van der Waals surface area contributed by atoms with Crippen LogP contribution in [0.2, 0.25) is 0 Å². The van der Waals surface area contributed by atoms with Crippen LogP contribution in [0, 0.1) is 0 Å². The van der Waals surface area contributed by atoms with Gasteiger partial charge in [-0.05, 0) is 0 Å². The van der Waals surface area contributed by atoms with E-state index >= 15 is 0 Å². The number of carbonyl (C=O) groups excluding carboxylic acids is 2. The van der Waals surface area contributed by atoms with Crippen molar-refractivity contribution in [1.82, 2.24) is 20.4 Å². The molecular weight excluding hydrogens is 384 g/mol. The highest BCUT2D eigenvalue weighted by Crippen LogP contribution is 2.53. The molecule has 4 unspecified atom stereocenters. The highest BCUT2D eigenvalue weighted by Gasteiger charge is 2.74. The molecule has 4 atom stereocenters. The summed E-state index contributed by atoms with van der Waals surface area (Å²) in [5.74, 6) is 0. The average molecular weight is 406 g/mol. The van der Waals surface area contributed by atoms with Gasteiger partial charge in [0.1, 0.15) is 0 Å². The van der Waals surface area contributed by atoms with Crippen molar-refractivity contribution < 1.29 is 19.1 Å². The van der Waals surface area contributed by atoms with Crippen LogP contribution in [0.25, 0.3) is 0 Å². The van der Waals surface area contributed by atoms with Crippen LogP contribution >= 0.6 is 0 Å². The molecule has 2 N–H and O–H groups in total. The van der Waals surface area contributed by atoms with Crippen molar-refractivity contribution in [3.05, 3.63) is 71.8 Å². The van der Waals surface area contributed by atoms with E-state index in [1.165, 1.54) is 0 Å². The Labute approximate surface area is 173 Å². The first kappa shape index (κ1) is 17.7. The van der Waals surface area contributed by atoms with Crippen LogP contribution in [0.15, 0.2) is 60.7 Å². The molecule has 2 aromatic carbocycles. The standard InChI is InChI=1S/C22H22N4O4/c27-19-23-21(15-7-3-1-4-8-15)22(16-9-5-2-6-10-16,26(19)12-18-14-30-18)24-20(28)25(21)11-17-13-29-17/h1-10,17-18H,11-14H2,(H,23,27)(H,24,28). The van der Waals surface area contributed by atoms with E-state index in [0.717, 1.165) is 11.1 Å². The van der Waals surface area contributed by atoms with E-state index in [-0.39, 0.29) is 24.3 Å². The van der Waals surface area contributed by atoms with Crippen molar-refractivity contribution in [1.29, 1.82) is 0 Å². The minimum Gasteiger partial charge on any atom is -0.371 e. The van der Waals surface area contributed by atoms with Crippen LogP contribution in [-0.2, 0) is 20.8 Å². The minimum absolute atomic E-state index is 0.0272. The normalized spacial score (nSPS) is 33.9. The van der Waals surface area contributed by atoms with E-state index in [0.29, 0.717) is 26.3 Å². The highest BCUT2D eigenvalue weighted by molar-refractivity contribution is 5.89. The van der Waals surface area contributed by atoms with Gasteiger partial charge in [-0.25, -0.2) is 9.59 Å². The third-order valence-corrected chi connectivity index (χ3v) is 6.36. The number of hydrogen-bond acceptors (Lipinski definition) is 4. The molecule has 4 aliphatic rings. The number of rotatable bonds is 6. The number of amides is 4. The van der Waals surface area contributed by atoms with Crippen molar-refractivity contribution >= 4 is 12.1 Å². The predicted octanol–water partition coefficient (Wildman–Crippen LogP) is 1.54. The zero-order chi connectivity index (χ0) is 20.3. The number of nitrogens with zero attached hydrogens (tertiary/aromatic N) is 2. The van der Waals surface area contributed by atoms with Crippen molar-refractivity contribution in [3.8, 4) is 0 Å². The summed E-state index contributed by atoms with van der Waals surface area (Å²) < 4.78 is 10.9. The van der Waals surface area contributed by atoms with Gasteiger partial charge in [0, 0.05) is 11.1 Å². The number of ether oxygens (including phenoxy) is 2. The fourth-order valence-electron chi connectivity index (χ4n) is 4.88. The van der Waals surface area contributed by atoms with Gasteiger partial charge in [-0.15, -0.1) is 0 Å². The topological polar surface area (TPSA) is 89.7 Å². The number of carbonyl (C=O) groups is 2. The number of benzene rings is 2. The molecule has 0 bridgehead atoms. The first-order valence-corrected chi connectivity index (χ1v) is 10.2. The van der Waals surface area contributed by atoms with Gasteiger partial charge in [0.15, 0.2) is 11.3 Å². The van der Waals surface area contributed by atoms with E-state index < -0.39 is 11.3 Å². The molecule has 4 aliphatic heterocycles. The maximum absolute atomic E-state index is 13.4. The van der Waals surface area contributed by atoms with E-state index in [1.54, 1.807) is 9.80 Å². The third-order valence-electron chi connectivity index (χ3n) is 6.36. The molecule has 6 rings (SSSR count). The summed E-state index contributed by atoms with van der Waals surface area (Å²) in [6, 6.07) is 18.9. The Hall–Kier alpha value is -3.10. The monoisotopic (exact) mass is 406 g/mol. The molecule has 154 valence electrons. The Morgan fingerprint density at radius 3 is 1.43 bits per heavy atom. The Morgan fingerprint density at radius 1 is 0.733 bits per heavy atom. The zero-order valence-corrected chi connectivity index (χ0v) is 16.3. The summed E-state index contributed by atoms with van der Waals surface area (Å²) >= 11 is 0. The van der Waals surface area contributed by atoms with Crippen LogP contribution in [-0.4, -0.2) is 60.4 Å². The van der Waals surface area contributed by atoms with Gasteiger partial charge in [-0.3, -0.25) is 9.80 Å². The number of hydrogen-bond donors (Lipinski definition) is 2. The molecule has 0 aromatic heterocycles. The summed E-state index contributed by atoms with van der Waals surface area (Å²) in [5.41, 5.74) is -0.573. The third kappa shape index (κ3) is 2.34. The van der Waals surface area contributed by atoms with E-state index in [9.17, 15) is 9.59 Å². The Bertz CT molecular complexity index is 913. The number of urea groups is 2. The van der Waals surface area contributed by atoms with Gasteiger partial charge in [0.05, 0.1) is 38.5 Å². The molecule has 4 fully saturated rings. The van der Waals surface area contributed by atoms with Gasteiger partial charge in [0.25, 0.3) is 0 Å². The first-order valence-electron chi connectivity index (χ1n) is 10.2. The summed E-state index contributed by atoms with van der Waals surface area (Å²) in [5, 5.41) is 6.40. The van der Waals surface area contributed by atoms with E-state index in [4.69, 9.17) is 9.47 Å². The predicted molar refractivity (Wildman–Crippen MR) is 106 cm³/mol. The zero-order valence-electron chi connectivity index (χ0n) is 16.3. The maximum atomic E-state index is 13.4. The van der Waals surface area contributed by atoms with Gasteiger partial charge >= 0.3 is 12.1 Å². The second-order valence-corrected chi connectivity index (χ2v) is 8.15. The SMILES string of the molecule is O=C1NC2(c3ccccc3)N(CC3CO3)C(=O)NC2(c2ccccc2)N1CC1CO1. The lowest BCUT2D eigenvalue weighted by atomic mass is 9.81. The molecule has 0 radical (unpaired) electrons. The molecule has 4 heterocycles. The van der Waals surface area contributed by atoms with Gasteiger partial charge < -0.3 is 20.1 Å². The van der Waals surface area contributed by atoms with Crippen molar-refractivity contribution in [2.24, 2.45) is 0 Å².